The Kier molecular flexibility index (Phi) is 3.00. The average molecular weight is 261 g/mol. The van der Waals surface area contributed by atoms with E-state index in [9.17, 15) is 0 Å². The van der Waals surface area contributed by atoms with Gasteiger partial charge in [0.05, 0.1) is 6.20 Å². The number of nitrogen functional groups attached to an aromatic ring is 1. The van der Waals surface area contributed by atoms with Crippen LogP contribution < -0.4 is 10.5 Å². The minimum absolute atomic E-state index is 0.464. The molecule has 2 rings (SSSR count). The maximum absolute atomic E-state index is 5.82. The number of anilines is 1. The van der Waals surface area contributed by atoms with Crippen molar-refractivity contribution in [1.29, 1.82) is 0 Å². The van der Waals surface area contributed by atoms with Crippen molar-refractivity contribution < 1.29 is 4.74 Å². The molecule has 0 fully saturated rings. The van der Waals surface area contributed by atoms with Crippen LogP contribution in [0.3, 0.4) is 0 Å². The number of hydrogen-bond donors (Lipinski definition) is 1. The van der Waals surface area contributed by atoms with Crippen molar-refractivity contribution in [1.82, 2.24) is 4.98 Å². The smallest absolute Gasteiger partial charge is 0.280 e. The minimum atomic E-state index is 0.464. The van der Waals surface area contributed by atoms with Gasteiger partial charge >= 0.3 is 0 Å². The molecule has 0 radical (unpaired) electrons. The summed E-state index contributed by atoms with van der Waals surface area (Å²) in [5.41, 5.74) is 5.52. The molecular formula is C9H6Cl2N2OS. The van der Waals surface area contributed by atoms with Crippen LogP contribution in [-0.2, 0) is 0 Å². The molecule has 15 heavy (non-hydrogen) atoms. The molecule has 2 aromatic rings. The summed E-state index contributed by atoms with van der Waals surface area (Å²) in [6.45, 7) is 0. The van der Waals surface area contributed by atoms with E-state index in [2.05, 4.69) is 4.98 Å². The number of aromatic nitrogens is 1. The minimum Gasteiger partial charge on any atom is -0.431 e. The van der Waals surface area contributed by atoms with Crippen molar-refractivity contribution in [2.75, 3.05) is 5.73 Å². The van der Waals surface area contributed by atoms with Crippen molar-refractivity contribution in [2.24, 2.45) is 0 Å². The first-order chi connectivity index (χ1) is 7.13. The summed E-state index contributed by atoms with van der Waals surface area (Å²) in [5, 5.41) is 2.09. The monoisotopic (exact) mass is 260 g/mol. The van der Waals surface area contributed by atoms with Crippen molar-refractivity contribution in [3.05, 3.63) is 34.4 Å². The van der Waals surface area contributed by atoms with Gasteiger partial charge in [-0.2, -0.15) is 0 Å². The Hall–Kier alpha value is -0.970. The van der Waals surface area contributed by atoms with E-state index < -0.39 is 0 Å². The average Bonchev–Trinajstić information content (AvgIpc) is 2.49. The van der Waals surface area contributed by atoms with E-state index in [0.717, 1.165) is 0 Å². The fourth-order valence-electron chi connectivity index (χ4n) is 1.01. The molecule has 0 saturated carbocycles. The molecule has 0 saturated heterocycles. The maximum atomic E-state index is 5.82. The number of thiazole rings is 1. The largest absolute Gasteiger partial charge is 0.431 e. The molecule has 1 aromatic carbocycles. The van der Waals surface area contributed by atoms with E-state index in [0.29, 0.717) is 26.0 Å². The number of hydrogen-bond acceptors (Lipinski definition) is 4. The topological polar surface area (TPSA) is 48.1 Å². The molecule has 0 spiro atoms. The molecule has 3 nitrogen and oxygen atoms in total. The highest BCUT2D eigenvalue weighted by Gasteiger charge is 2.04. The molecule has 6 heteroatoms. The van der Waals surface area contributed by atoms with Gasteiger partial charge in [-0.05, 0) is 18.2 Å². The van der Waals surface area contributed by atoms with E-state index in [1.165, 1.54) is 17.5 Å². The maximum Gasteiger partial charge on any atom is 0.280 e. The predicted octanol–water partition coefficient (Wildman–Crippen LogP) is 3.82. The van der Waals surface area contributed by atoms with E-state index in [-0.39, 0.29) is 0 Å². The van der Waals surface area contributed by atoms with Crippen molar-refractivity contribution in [2.45, 2.75) is 0 Å². The highest BCUT2D eigenvalue weighted by Crippen LogP contribution is 2.31. The Bertz CT molecular complexity index is 466. The molecule has 2 N–H and O–H groups in total. The van der Waals surface area contributed by atoms with Gasteiger partial charge in [-0.1, -0.05) is 34.5 Å². The van der Waals surface area contributed by atoms with Crippen LogP contribution in [0.15, 0.2) is 24.4 Å². The van der Waals surface area contributed by atoms with Gasteiger partial charge in [-0.25, -0.2) is 4.98 Å². The lowest BCUT2D eigenvalue weighted by atomic mass is 10.3. The van der Waals surface area contributed by atoms with Crippen LogP contribution >= 0.6 is 34.5 Å². The Morgan fingerprint density at radius 1 is 1.20 bits per heavy atom. The number of rotatable bonds is 2. The number of ether oxygens (including phenoxy) is 1. The summed E-state index contributed by atoms with van der Waals surface area (Å²) in [4.78, 5) is 3.96. The van der Waals surface area contributed by atoms with Crippen LogP contribution in [-0.4, -0.2) is 4.98 Å². The second kappa shape index (κ2) is 4.26. The van der Waals surface area contributed by atoms with E-state index in [4.69, 9.17) is 33.7 Å². The van der Waals surface area contributed by atoms with Gasteiger partial charge in [0, 0.05) is 10.0 Å². The molecule has 0 aliphatic heterocycles. The molecule has 1 aromatic heterocycles. The summed E-state index contributed by atoms with van der Waals surface area (Å²) < 4.78 is 5.42. The number of benzene rings is 1. The van der Waals surface area contributed by atoms with Crippen LogP contribution in [0.4, 0.5) is 5.00 Å². The zero-order valence-electron chi connectivity index (χ0n) is 7.41. The summed E-state index contributed by atoms with van der Waals surface area (Å²) in [5.74, 6) is 0.543. The lowest BCUT2D eigenvalue weighted by Gasteiger charge is -2.02. The van der Waals surface area contributed by atoms with Gasteiger partial charge in [-0.3, -0.25) is 0 Å². The summed E-state index contributed by atoms with van der Waals surface area (Å²) >= 11 is 12.9. The van der Waals surface area contributed by atoms with Crippen molar-refractivity contribution in [3.8, 4) is 10.9 Å². The third-order valence-corrected chi connectivity index (χ3v) is 2.68. The molecule has 0 bridgehead atoms. The molecule has 1 heterocycles. The van der Waals surface area contributed by atoms with E-state index >= 15 is 0 Å². The van der Waals surface area contributed by atoms with Gasteiger partial charge in [0.2, 0.25) is 0 Å². The van der Waals surface area contributed by atoms with E-state index in [1.54, 1.807) is 18.2 Å². The summed E-state index contributed by atoms with van der Waals surface area (Å²) in [7, 11) is 0. The zero-order valence-corrected chi connectivity index (χ0v) is 9.73. The van der Waals surface area contributed by atoms with Crippen LogP contribution in [0, 0.1) is 0 Å². The standard InChI is InChI=1S/C9H6Cl2N2OS/c10-5-1-6(11)3-7(2-5)14-9-13-4-8(12)15-9/h1-4H,12H2. The Morgan fingerprint density at radius 3 is 2.40 bits per heavy atom. The van der Waals surface area contributed by atoms with Crippen molar-refractivity contribution >= 4 is 39.5 Å². The number of halogens is 2. The number of nitrogens with two attached hydrogens (primary N) is 1. The predicted molar refractivity (Wildman–Crippen MR) is 63.1 cm³/mol. The molecule has 0 amide bonds. The molecular weight excluding hydrogens is 255 g/mol. The highest BCUT2D eigenvalue weighted by molar-refractivity contribution is 7.17. The second-order valence-corrected chi connectivity index (χ2v) is 4.63. The zero-order chi connectivity index (χ0) is 10.8. The quantitative estimate of drug-likeness (QED) is 0.893. The highest BCUT2D eigenvalue weighted by atomic mass is 35.5. The van der Waals surface area contributed by atoms with Gasteiger partial charge in [-0.15, -0.1) is 0 Å². The Labute approximate surface area is 100 Å². The lowest BCUT2D eigenvalue weighted by Crippen LogP contribution is -1.82. The van der Waals surface area contributed by atoms with Crippen LogP contribution in [0.5, 0.6) is 10.9 Å². The molecule has 0 aliphatic rings. The third-order valence-electron chi connectivity index (χ3n) is 1.54. The van der Waals surface area contributed by atoms with E-state index in [1.807, 2.05) is 0 Å². The first-order valence-corrected chi connectivity index (χ1v) is 5.56. The first kappa shape index (κ1) is 10.5. The van der Waals surface area contributed by atoms with Gasteiger partial charge in [0.1, 0.15) is 10.8 Å². The molecule has 0 aliphatic carbocycles. The second-order valence-electron chi connectivity index (χ2n) is 2.74. The van der Waals surface area contributed by atoms with Gasteiger partial charge < -0.3 is 10.5 Å². The summed E-state index contributed by atoms with van der Waals surface area (Å²) in [6, 6.07) is 4.95. The molecule has 78 valence electrons. The fraction of sp³-hybridized carbons (Fsp3) is 0. The van der Waals surface area contributed by atoms with Gasteiger partial charge in [0.25, 0.3) is 5.19 Å². The SMILES string of the molecule is Nc1cnc(Oc2cc(Cl)cc(Cl)c2)s1. The molecule has 0 unspecified atom stereocenters. The Morgan fingerprint density at radius 2 is 1.87 bits per heavy atom. The fourth-order valence-corrected chi connectivity index (χ4v) is 2.06. The third kappa shape index (κ3) is 2.75. The lowest BCUT2D eigenvalue weighted by molar-refractivity contribution is 0.479. The first-order valence-electron chi connectivity index (χ1n) is 3.99. The molecule has 0 atom stereocenters. The van der Waals surface area contributed by atoms with Gasteiger partial charge in [0.15, 0.2) is 0 Å². The Balaban J connectivity index is 2.24. The normalized spacial score (nSPS) is 10.3. The van der Waals surface area contributed by atoms with Crippen LogP contribution in [0.1, 0.15) is 0 Å². The van der Waals surface area contributed by atoms with Crippen LogP contribution in [0.25, 0.3) is 0 Å². The van der Waals surface area contributed by atoms with Crippen LogP contribution in [0.2, 0.25) is 10.0 Å². The van der Waals surface area contributed by atoms with Crippen molar-refractivity contribution in [3.63, 3.8) is 0 Å². The number of nitrogens with zero attached hydrogens (tertiary/aromatic N) is 1. The summed E-state index contributed by atoms with van der Waals surface area (Å²) in [6.07, 6.45) is 1.53.